The number of benzene rings is 2. The Bertz CT molecular complexity index is 1160. The van der Waals surface area contributed by atoms with E-state index in [0.717, 1.165) is 29.6 Å². The van der Waals surface area contributed by atoms with E-state index in [4.69, 9.17) is 21.3 Å². The number of aryl methyl sites for hydroxylation is 2. The molecule has 0 spiro atoms. The first kappa shape index (κ1) is 22.2. The summed E-state index contributed by atoms with van der Waals surface area (Å²) in [5, 5.41) is 1.33. The van der Waals surface area contributed by atoms with Crippen LogP contribution < -0.4 is 9.64 Å². The fraction of sp³-hybridized carbons (Fsp3) is 0.400. The SMILES string of the molecule is Cc1ccc(C)c2sc(OC3CCN(C(=O)C4CC(=O)N(c5ccc(Cl)cc5)C4)CC3)nc12. The number of ether oxygens (including phenoxy) is 1. The van der Waals surface area contributed by atoms with Gasteiger partial charge in [0.1, 0.15) is 6.10 Å². The van der Waals surface area contributed by atoms with Crippen molar-refractivity contribution in [3.63, 3.8) is 0 Å². The van der Waals surface area contributed by atoms with E-state index >= 15 is 0 Å². The van der Waals surface area contributed by atoms with Crippen molar-refractivity contribution in [2.24, 2.45) is 5.92 Å². The van der Waals surface area contributed by atoms with E-state index in [9.17, 15) is 9.59 Å². The second-order valence-electron chi connectivity index (χ2n) is 8.88. The minimum atomic E-state index is -0.305. The van der Waals surface area contributed by atoms with Gasteiger partial charge in [0.15, 0.2) is 0 Å². The van der Waals surface area contributed by atoms with Crippen LogP contribution >= 0.6 is 22.9 Å². The van der Waals surface area contributed by atoms with E-state index in [1.165, 1.54) is 10.3 Å². The quantitative estimate of drug-likeness (QED) is 0.524. The lowest BCUT2D eigenvalue weighted by atomic mass is 10.0. The Morgan fingerprint density at radius 2 is 1.79 bits per heavy atom. The van der Waals surface area contributed by atoms with E-state index in [1.54, 1.807) is 28.4 Å². The molecule has 2 saturated heterocycles. The topological polar surface area (TPSA) is 62.7 Å². The number of nitrogens with zero attached hydrogens (tertiary/aromatic N) is 3. The molecule has 2 aliphatic rings. The standard InChI is InChI=1S/C25H26ClN3O3S/c1-15-3-4-16(2)23-22(15)27-25(33-23)32-20-9-11-28(12-10-20)24(31)17-13-21(30)29(14-17)19-7-5-18(26)6-8-19/h3-8,17,20H,9-14H2,1-2H3. The molecule has 3 aromatic rings. The van der Waals surface area contributed by atoms with Crippen molar-refractivity contribution < 1.29 is 14.3 Å². The number of halogens is 1. The van der Waals surface area contributed by atoms with E-state index in [1.807, 2.05) is 17.0 Å². The Labute approximate surface area is 202 Å². The van der Waals surface area contributed by atoms with Crippen LogP contribution in [0.15, 0.2) is 36.4 Å². The molecule has 0 aliphatic carbocycles. The minimum Gasteiger partial charge on any atom is -0.467 e. The molecule has 3 heterocycles. The number of hydrogen-bond donors (Lipinski definition) is 0. The average molecular weight is 484 g/mol. The minimum absolute atomic E-state index is 0.0182. The smallest absolute Gasteiger partial charge is 0.274 e. The summed E-state index contributed by atoms with van der Waals surface area (Å²) in [6.07, 6.45) is 1.83. The van der Waals surface area contributed by atoms with Gasteiger partial charge in [0.05, 0.1) is 16.1 Å². The Morgan fingerprint density at radius 1 is 1.09 bits per heavy atom. The predicted octanol–water partition coefficient (Wildman–Crippen LogP) is 4.99. The number of thiazole rings is 1. The summed E-state index contributed by atoms with van der Waals surface area (Å²) in [7, 11) is 0. The van der Waals surface area contributed by atoms with E-state index in [0.29, 0.717) is 29.9 Å². The maximum absolute atomic E-state index is 13.1. The molecule has 2 aromatic carbocycles. The summed E-state index contributed by atoms with van der Waals surface area (Å²) < 4.78 is 7.38. The molecule has 1 aromatic heterocycles. The first-order valence-electron chi connectivity index (χ1n) is 11.3. The summed E-state index contributed by atoms with van der Waals surface area (Å²) in [5.74, 6) is -0.263. The highest BCUT2D eigenvalue weighted by atomic mass is 35.5. The third kappa shape index (κ3) is 4.44. The second-order valence-corrected chi connectivity index (χ2v) is 10.3. The molecule has 172 valence electrons. The lowest BCUT2D eigenvalue weighted by Crippen LogP contribution is -2.44. The third-order valence-corrected chi connectivity index (χ3v) is 7.89. The number of carbonyl (C=O) groups excluding carboxylic acids is 2. The average Bonchev–Trinajstić information content (AvgIpc) is 3.42. The van der Waals surface area contributed by atoms with E-state index < -0.39 is 0 Å². The highest BCUT2D eigenvalue weighted by Crippen LogP contribution is 2.34. The Hall–Kier alpha value is -2.64. The largest absolute Gasteiger partial charge is 0.467 e. The number of piperidine rings is 1. The molecule has 0 saturated carbocycles. The molecule has 0 bridgehead atoms. The first-order chi connectivity index (χ1) is 15.9. The molecule has 1 atom stereocenters. The zero-order valence-electron chi connectivity index (χ0n) is 18.7. The van der Waals surface area contributed by atoms with Crippen molar-refractivity contribution in [3.8, 4) is 5.19 Å². The number of fused-ring (bicyclic) bond motifs is 1. The van der Waals surface area contributed by atoms with Crippen molar-refractivity contribution >= 4 is 50.7 Å². The molecule has 2 amide bonds. The number of amides is 2. The molecule has 6 nitrogen and oxygen atoms in total. The van der Waals surface area contributed by atoms with Gasteiger partial charge in [-0.1, -0.05) is 35.1 Å². The Morgan fingerprint density at radius 3 is 2.48 bits per heavy atom. The molecule has 8 heteroatoms. The zero-order chi connectivity index (χ0) is 23.1. The number of rotatable bonds is 4. The number of carbonyl (C=O) groups is 2. The number of aromatic nitrogens is 1. The van der Waals surface area contributed by atoms with Gasteiger partial charge >= 0.3 is 0 Å². The van der Waals surface area contributed by atoms with Gasteiger partial charge in [0.25, 0.3) is 5.19 Å². The van der Waals surface area contributed by atoms with Crippen LogP contribution in [-0.4, -0.2) is 47.4 Å². The van der Waals surface area contributed by atoms with E-state index in [2.05, 4.69) is 26.0 Å². The van der Waals surface area contributed by atoms with Crippen molar-refractivity contribution in [2.45, 2.75) is 39.2 Å². The summed E-state index contributed by atoms with van der Waals surface area (Å²) in [6.45, 7) is 5.85. The van der Waals surface area contributed by atoms with Crippen LogP contribution in [0.2, 0.25) is 5.02 Å². The number of hydrogen-bond acceptors (Lipinski definition) is 5. The molecule has 1 unspecified atom stereocenters. The van der Waals surface area contributed by atoms with E-state index in [-0.39, 0.29) is 30.3 Å². The van der Waals surface area contributed by atoms with Crippen molar-refractivity contribution in [3.05, 3.63) is 52.5 Å². The lowest BCUT2D eigenvalue weighted by molar-refractivity contribution is -0.137. The maximum Gasteiger partial charge on any atom is 0.274 e. The van der Waals surface area contributed by atoms with Gasteiger partial charge in [0.2, 0.25) is 11.8 Å². The normalized spacial score (nSPS) is 19.5. The number of anilines is 1. The summed E-state index contributed by atoms with van der Waals surface area (Å²) in [5.41, 5.74) is 4.16. The highest BCUT2D eigenvalue weighted by Gasteiger charge is 2.38. The monoisotopic (exact) mass is 483 g/mol. The van der Waals surface area contributed by atoms with Crippen LogP contribution in [0, 0.1) is 19.8 Å². The van der Waals surface area contributed by atoms with Gasteiger partial charge in [-0.25, -0.2) is 4.98 Å². The van der Waals surface area contributed by atoms with Gasteiger partial charge < -0.3 is 14.5 Å². The summed E-state index contributed by atoms with van der Waals surface area (Å²) >= 11 is 7.55. The molecular weight excluding hydrogens is 458 g/mol. The van der Waals surface area contributed by atoms with Crippen molar-refractivity contribution in [1.82, 2.24) is 9.88 Å². The molecule has 0 radical (unpaired) electrons. The zero-order valence-corrected chi connectivity index (χ0v) is 20.3. The van der Waals surface area contributed by atoms with Gasteiger partial charge in [-0.2, -0.15) is 0 Å². The van der Waals surface area contributed by atoms with Crippen LogP contribution in [0.1, 0.15) is 30.4 Å². The number of likely N-dealkylation sites (tertiary alicyclic amines) is 1. The van der Waals surface area contributed by atoms with Crippen LogP contribution in [0.5, 0.6) is 5.19 Å². The van der Waals surface area contributed by atoms with Gasteiger partial charge in [-0.15, -0.1) is 0 Å². The van der Waals surface area contributed by atoms with Gasteiger partial charge in [-0.05, 0) is 49.2 Å². The summed E-state index contributed by atoms with van der Waals surface area (Å²) in [6, 6.07) is 11.4. The molecule has 5 rings (SSSR count). The van der Waals surface area contributed by atoms with Crippen molar-refractivity contribution in [2.75, 3.05) is 24.5 Å². The molecule has 0 N–H and O–H groups in total. The highest BCUT2D eigenvalue weighted by molar-refractivity contribution is 7.20. The Balaban J connectivity index is 1.18. The molecular formula is C25H26ClN3O3S. The maximum atomic E-state index is 13.1. The molecule has 2 fully saturated rings. The fourth-order valence-corrected chi connectivity index (χ4v) is 5.78. The third-order valence-electron chi connectivity index (χ3n) is 6.56. The summed E-state index contributed by atoms with van der Waals surface area (Å²) in [4.78, 5) is 33.9. The predicted molar refractivity (Wildman–Crippen MR) is 131 cm³/mol. The van der Waals surface area contributed by atoms with Crippen LogP contribution in [0.25, 0.3) is 10.2 Å². The first-order valence-corrected chi connectivity index (χ1v) is 12.5. The van der Waals surface area contributed by atoms with Crippen molar-refractivity contribution in [1.29, 1.82) is 0 Å². The Kier molecular flexibility index (Phi) is 6.01. The fourth-order valence-electron chi connectivity index (χ4n) is 4.63. The van der Waals surface area contributed by atoms with Crippen LogP contribution in [0.4, 0.5) is 5.69 Å². The van der Waals surface area contributed by atoms with Crippen LogP contribution in [0.3, 0.4) is 0 Å². The molecule has 33 heavy (non-hydrogen) atoms. The second kappa shape index (κ2) is 8.95. The lowest BCUT2D eigenvalue weighted by Gasteiger charge is -2.33. The van der Waals surface area contributed by atoms with Gasteiger partial charge in [-0.3, -0.25) is 9.59 Å². The van der Waals surface area contributed by atoms with Gasteiger partial charge in [0, 0.05) is 49.6 Å². The molecule has 2 aliphatic heterocycles. The van der Waals surface area contributed by atoms with Crippen LogP contribution in [-0.2, 0) is 9.59 Å².